The van der Waals surface area contributed by atoms with Gasteiger partial charge in [0.15, 0.2) is 0 Å². The highest BCUT2D eigenvalue weighted by atomic mass is 32.2. The van der Waals surface area contributed by atoms with Crippen molar-refractivity contribution in [3.05, 3.63) is 34.1 Å². The van der Waals surface area contributed by atoms with Gasteiger partial charge in [0.1, 0.15) is 11.3 Å². The zero-order valence-electron chi connectivity index (χ0n) is 7.74. The number of hydrogen-bond acceptors (Lipinski definition) is 4. The monoisotopic (exact) mass is 267 g/mol. The molecular formula is C7H7FNO5PS. The largest absolute Gasteiger partial charge is 0.335 e. The highest BCUT2D eigenvalue weighted by Gasteiger charge is 2.16. The van der Waals surface area contributed by atoms with Gasteiger partial charge in [-0.05, 0) is 6.07 Å². The predicted octanol–water partition coefficient (Wildman–Crippen LogP) is 1.96. The smallest absolute Gasteiger partial charge is 0.324 e. The lowest BCUT2D eigenvalue weighted by molar-refractivity contribution is -0.385. The maximum Gasteiger partial charge on any atom is 0.335 e. The minimum Gasteiger partial charge on any atom is -0.324 e. The lowest BCUT2D eigenvalue weighted by atomic mass is 10.3. The van der Waals surface area contributed by atoms with E-state index in [0.29, 0.717) is 17.8 Å². The van der Waals surface area contributed by atoms with Gasteiger partial charge in [0.2, 0.25) is 0 Å². The SMILES string of the molecule is O=[N+]([O-])c1ccc(SCP(=O)(O)O)c(F)c1. The molecule has 2 N–H and O–H groups in total. The first-order valence-corrected chi connectivity index (χ1v) is 6.69. The van der Waals surface area contributed by atoms with E-state index in [0.717, 1.165) is 12.1 Å². The van der Waals surface area contributed by atoms with Gasteiger partial charge in [-0.2, -0.15) is 0 Å². The first-order valence-electron chi connectivity index (χ1n) is 3.91. The van der Waals surface area contributed by atoms with E-state index < -0.39 is 29.5 Å². The maximum atomic E-state index is 13.2. The lowest BCUT2D eigenvalue weighted by Crippen LogP contribution is -1.91. The number of non-ortho nitro benzene ring substituents is 1. The minimum atomic E-state index is -4.22. The average molecular weight is 267 g/mol. The molecular weight excluding hydrogens is 260 g/mol. The Balaban J connectivity index is 2.84. The average Bonchev–Trinajstić information content (AvgIpc) is 2.14. The molecule has 0 saturated carbocycles. The van der Waals surface area contributed by atoms with Crippen molar-refractivity contribution >= 4 is 25.0 Å². The molecule has 1 rings (SSSR count). The van der Waals surface area contributed by atoms with Crippen LogP contribution in [0.15, 0.2) is 23.1 Å². The van der Waals surface area contributed by atoms with Gasteiger partial charge in [-0.15, -0.1) is 11.8 Å². The van der Waals surface area contributed by atoms with Crippen molar-refractivity contribution in [3.8, 4) is 0 Å². The normalized spacial score (nSPS) is 11.4. The van der Waals surface area contributed by atoms with Gasteiger partial charge in [-0.1, -0.05) is 0 Å². The summed E-state index contributed by atoms with van der Waals surface area (Å²) in [6.07, 6.45) is 0. The molecule has 0 aliphatic heterocycles. The quantitative estimate of drug-likeness (QED) is 0.374. The van der Waals surface area contributed by atoms with Crippen LogP contribution in [0.25, 0.3) is 0 Å². The Morgan fingerprint density at radius 2 is 2.12 bits per heavy atom. The van der Waals surface area contributed by atoms with E-state index in [2.05, 4.69) is 0 Å². The van der Waals surface area contributed by atoms with Crippen LogP contribution in [-0.2, 0) is 4.57 Å². The van der Waals surface area contributed by atoms with E-state index in [4.69, 9.17) is 9.79 Å². The summed E-state index contributed by atoms with van der Waals surface area (Å²) < 4.78 is 23.7. The van der Waals surface area contributed by atoms with Gasteiger partial charge in [0.05, 0.1) is 11.0 Å². The maximum absolute atomic E-state index is 13.2. The minimum absolute atomic E-state index is 0.0334. The zero-order valence-corrected chi connectivity index (χ0v) is 9.45. The Labute approximate surface area is 93.8 Å². The van der Waals surface area contributed by atoms with Crippen LogP contribution in [0.3, 0.4) is 0 Å². The number of nitro groups is 1. The summed E-state index contributed by atoms with van der Waals surface area (Å²) in [5, 5.41) is 10.3. The molecule has 0 aliphatic rings. The highest BCUT2D eigenvalue weighted by molar-refractivity contribution is 8.04. The number of thioether (sulfide) groups is 1. The summed E-state index contributed by atoms with van der Waals surface area (Å²) in [5.74, 6) is -0.868. The summed E-state index contributed by atoms with van der Waals surface area (Å²) in [7, 11) is -4.22. The van der Waals surface area contributed by atoms with Gasteiger partial charge in [0, 0.05) is 11.0 Å². The summed E-state index contributed by atoms with van der Waals surface area (Å²) in [6, 6.07) is 2.90. The van der Waals surface area contributed by atoms with Crippen LogP contribution in [0.5, 0.6) is 0 Å². The standard InChI is InChI=1S/C7H7FNO5PS/c8-6-3-5(9(10)11)1-2-7(6)16-4-15(12,13)14/h1-3H,4H2,(H2,12,13,14). The number of benzene rings is 1. The Morgan fingerprint density at radius 3 is 2.56 bits per heavy atom. The van der Waals surface area contributed by atoms with Crippen LogP contribution in [0.2, 0.25) is 0 Å². The third-order valence-corrected chi connectivity index (χ3v) is 4.02. The van der Waals surface area contributed by atoms with Gasteiger partial charge >= 0.3 is 7.60 Å². The second-order valence-electron chi connectivity index (χ2n) is 2.81. The molecule has 0 aromatic heterocycles. The third-order valence-electron chi connectivity index (χ3n) is 1.51. The van der Waals surface area contributed by atoms with E-state index >= 15 is 0 Å². The summed E-state index contributed by atoms with van der Waals surface area (Å²) >= 11 is 0.614. The van der Waals surface area contributed by atoms with E-state index in [1.54, 1.807) is 0 Å². The van der Waals surface area contributed by atoms with E-state index in [1.807, 2.05) is 0 Å². The molecule has 1 aromatic rings. The first-order chi connectivity index (χ1) is 7.29. The molecule has 0 atom stereocenters. The molecule has 0 bridgehead atoms. The van der Waals surface area contributed by atoms with Crippen molar-refractivity contribution in [1.82, 2.24) is 0 Å². The van der Waals surface area contributed by atoms with Crippen molar-refractivity contribution < 1.29 is 23.7 Å². The fraction of sp³-hybridized carbons (Fsp3) is 0.143. The lowest BCUT2D eigenvalue weighted by Gasteiger charge is -2.04. The number of hydrogen-bond donors (Lipinski definition) is 2. The van der Waals surface area contributed by atoms with Crippen molar-refractivity contribution in [2.45, 2.75) is 4.90 Å². The molecule has 6 nitrogen and oxygen atoms in total. The Bertz CT molecular complexity index is 462. The van der Waals surface area contributed by atoms with Gasteiger partial charge in [0.25, 0.3) is 5.69 Å². The van der Waals surface area contributed by atoms with Crippen molar-refractivity contribution in [3.63, 3.8) is 0 Å². The molecule has 0 amide bonds. The molecule has 0 saturated heterocycles. The molecule has 0 radical (unpaired) electrons. The fourth-order valence-corrected chi connectivity index (χ4v) is 2.46. The molecule has 0 unspecified atom stereocenters. The van der Waals surface area contributed by atoms with Crippen LogP contribution in [-0.4, -0.2) is 20.2 Å². The Hall–Kier alpha value is -0.950. The van der Waals surface area contributed by atoms with Gasteiger partial charge in [-0.25, -0.2) is 4.39 Å². The molecule has 88 valence electrons. The Morgan fingerprint density at radius 1 is 1.50 bits per heavy atom. The van der Waals surface area contributed by atoms with Crippen molar-refractivity contribution in [2.75, 3.05) is 5.49 Å². The molecule has 0 heterocycles. The summed E-state index contributed by atoms with van der Waals surface area (Å²) in [5.41, 5.74) is -0.972. The van der Waals surface area contributed by atoms with Gasteiger partial charge < -0.3 is 9.79 Å². The number of nitro benzene ring substituents is 1. The summed E-state index contributed by atoms with van der Waals surface area (Å²) in [6.45, 7) is 0. The van der Waals surface area contributed by atoms with E-state index in [1.165, 1.54) is 0 Å². The zero-order chi connectivity index (χ0) is 12.3. The van der Waals surface area contributed by atoms with Gasteiger partial charge in [-0.3, -0.25) is 14.7 Å². The van der Waals surface area contributed by atoms with Crippen LogP contribution < -0.4 is 0 Å². The first kappa shape index (κ1) is 13.1. The number of nitrogens with zero attached hydrogens (tertiary/aromatic N) is 1. The molecule has 0 aliphatic carbocycles. The van der Waals surface area contributed by atoms with E-state index in [-0.39, 0.29) is 4.90 Å². The van der Waals surface area contributed by atoms with Crippen LogP contribution >= 0.6 is 19.4 Å². The molecule has 9 heteroatoms. The molecule has 16 heavy (non-hydrogen) atoms. The number of halogens is 1. The van der Waals surface area contributed by atoms with Crippen LogP contribution in [0.1, 0.15) is 0 Å². The molecule has 0 spiro atoms. The summed E-state index contributed by atoms with van der Waals surface area (Å²) in [4.78, 5) is 26.7. The number of rotatable bonds is 4. The fourth-order valence-electron chi connectivity index (χ4n) is 0.874. The molecule has 1 aromatic carbocycles. The Kier molecular flexibility index (Phi) is 4.03. The van der Waals surface area contributed by atoms with Crippen molar-refractivity contribution in [2.24, 2.45) is 0 Å². The van der Waals surface area contributed by atoms with Crippen LogP contribution in [0.4, 0.5) is 10.1 Å². The third kappa shape index (κ3) is 3.90. The second-order valence-corrected chi connectivity index (χ2v) is 5.90. The van der Waals surface area contributed by atoms with Crippen LogP contribution in [0, 0.1) is 15.9 Å². The topological polar surface area (TPSA) is 101 Å². The second kappa shape index (κ2) is 4.92. The van der Waals surface area contributed by atoms with Crippen molar-refractivity contribution in [1.29, 1.82) is 0 Å². The highest BCUT2D eigenvalue weighted by Crippen LogP contribution is 2.42. The molecule has 0 fully saturated rings. The predicted molar refractivity (Wildman–Crippen MR) is 55.8 cm³/mol. The van der Waals surface area contributed by atoms with E-state index in [9.17, 15) is 19.1 Å².